The molecule has 4 heteroatoms. The Morgan fingerprint density at radius 3 is 2.76 bits per heavy atom. The lowest BCUT2D eigenvalue weighted by atomic mass is 9.66. The van der Waals surface area contributed by atoms with E-state index in [0.29, 0.717) is 23.3 Å². The van der Waals surface area contributed by atoms with Gasteiger partial charge in [-0.15, -0.1) is 0 Å². The van der Waals surface area contributed by atoms with Crippen LogP contribution in [0.4, 0.5) is 0 Å². The predicted octanol–water partition coefficient (Wildman–Crippen LogP) is 3.60. The van der Waals surface area contributed by atoms with Crippen LogP contribution in [0.5, 0.6) is 5.75 Å². The van der Waals surface area contributed by atoms with Crippen LogP contribution in [0.25, 0.3) is 0 Å². The molecule has 0 aromatic carbocycles. The Morgan fingerprint density at radius 1 is 1.48 bits per heavy atom. The molecule has 0 saturated heterocycles. The van der Waals surface area contributed by atoms with E-state index in [0.717, 1.165) is 12.3 Å². The van der Waals surface area contributed by atoms with Crippen LogP contribution in [-0.4, -0.2) is 30.5 Å². The minimum absolute atomic E-state index is 0.365. The van der Waals surface area contributed by atoms with Crippen LogP contribution in [0.15, 0.2) is 6.20 Å². The fraction of sp³-hybridized carbons (Fsp3) is 0.824. The third kappa shape index (κ3) is 3.42. The number of nitrogens with one attached hydrogen (secondary N) is 1. The maximum absolute atomic E-state index is 5.62. The Balaban J connectivity index is 2.41. The monoisotopic (exact) mass is 293 g/mol. The van der Waals surface area contributed by atoms with E-state index >= 15 is 0 Å². The molecule has 0 amide bonds. The minimum atomic E-state index is 0.365. The molecule has 120 valence electrons. The first-order valence-electron chi connectivity index (χ1n) is 8.15. The predicted molar refractivity (Wildman–Crippen MR) is 87.0 cm³/mol. The Morgan fingerprint density at radius 2 is 2.19 bits per heavy atom. The summed E-state index contributed by atoms with van der Waals surface area (Å²) in [5.41, 5.74) is 1.69. The van der Waals surface area contributed by atoms with Crippen molar-refractivity contribution in [2.75, 3.05) is 20.7 Å². The number of hydrogen-bond donors (Lipinski definition) is 1. The topological polar surface area (TPSA) is 39.1 Å². The Kier molecular flexibility index (Phi) is 4.97. The summed E-state index contributed by atoms with van der Waals surface area (Å²) in [4.78, 5) is 0. The van der Waals surface area contributed by atoms with E-state index in [2.05, 4.69) is 42.8 Å². The summed E-state index contributed by atoms with van der Waals surface area (Å²) in [5, 5.41) is 7.95. The Hall–Kier alpha value is -1.03. The zero-order chi connectivity index (χ0) is 15.6. The van der Waals surface area contributed by atoms with Gasteiger partial charge in [-0.3, -0.25) is 4.68 Å². The van der Waals surface area contributed by atoms with E-state index in [1.807, 2.05) is 13.2 Å². The number of aromatic nitrogens is 2. The van der Waals surface area contributed by atoms with Gasteiger partial charge in [0.2, 0.25) is 0 Å². The van der Waals surface area contributed by atoms with E-state index in [4.69, 9.17) is 4.74 Å². The normalized spacial score (nSPS) is 25.3. The highest BCUT2D eigenvalue weighted by molar-refractivity contribution is 5.30. The van der Waals surface area contributed by atoms with Gasteiger partial charge in [0.1, 0.15) is 0 Å². The van der Waals surface area contributed by atoms with Gasteiger partial charge in [0.15, 0.2) is 5.75 Å². The van der Waals surface area contributed by atoms with Gasteiger partial charge < -0.3 is 10.1 Å². The standard InChI is InChI=1S/C17H31N3O/c1-12(2)20-16(15(21-6)11-19-20)14-9-17(3,4)8-7-13(14)10-18-5/h11-14,18H,7-10H2,1-6H3. The number of methoxy groups -OCH3 is 1. The summed E-state index contributed by atoms with van der Waals surface area (Å²) in [6.07, 6.45) is 5.65. The summed E-state index contributed by atoms with van der Waals surface area (Å²) in [5.74, 6) is 2.12. The van der Waals surface area contributed by atoms with Crippen molar-refractivity contribution in [1.29, 1.82) is 0 Å². The van der Waals surface area contributed by atoms with Crippen molar-refractivity contribution in [3.8, 4) is 5.75 Å². The third-order valence-corrected chi connectivity index (χ3v) is 4.86. The van der Waals surface area contributed by atoms with Gasteiger partial charge in [-0.1, -0.05) is 13.8 Å². The maximum atomic E-state index is 5.62. The molecule has 1 N–H and O–H groups in total. The third-order valence-electron chi connectivity index (χ3n) is 4.86. The van der Waals surface area contributed by atoms with Crippen molar-refractivity contribution >= 4 is 0 Å². The lowest BCUT2D eigenvalue weighted by Gasteiger charge is -2.41. The van der Waals surface area contributed by atoms with Gasteiger partial charge in [-0.2, -0.15) is 5.10 Å². The average Bonchev–Trinajstić information content (AvgIpc) is 2.84. The molecule has 2 unspecified atom stereocenters. The molecule has 0 aliphatic heterocycles. The molecular weight excluding hydrogens is 262 g/mol. The van der Waals surface area contributed by atoms with Gasteiger partial charge in [0.25, 0.3) is 0 Å². The van der Waals surface area contributed by atoms with Crippen LogP contribution in [0.3, 0.4) is 0 Å². The molecule has 1 aliphatic rings. The van der Waals surface area contributed by atoms with E-state index < -0.39 is 0 Å². The summed E-state index contributed by atoms with van der Waals surface area (Å²) >= 11 is 0. The molecule has 1 aliphatic carbocycles. The highest BCUT2D eigenvalue weighted by atomic mass is 16.5. The molecule has 0 bridgehead atoms. The summed E-state index contributed by atoms with van der Waals surface area (Å²) < 4.78 is 7.78. The van der Waals surface area contributed by atoms with Crippen LogP contribution in [-0.2, 0) is 0 Å². The molecule has 4 nitrogen and oxygen atoms in total. The molecule has 1 aromatic heterocycles. The van der Waals surface area contributed by atoms with Crippen LogP contribution in [0.2, 0.25) is 0 Å². The molecule has 1 heterocycles. The zero-order valence-corrected chi connectivity index (χ0v) is 14.4. The van der Waals surface area contributed by atoms with Crippen molar-refractivity contribution in [3.05, 3.63) is 11.9 Å². The van der Waals surface area contributed by atoms with Crippen LogP contribution < -0.4 is 10.1 Å². The quantitative estimate of drug-likeness (QED) is 0.901. The Bertz CT molecular complexity index is 465. The van der Waals surface area contributed by atoms with E-state index in [1.54, 1.807) is 7.11 Å². The molecular formula is C17H31N3O. The lowest BCUT2D eigenvalue weighted by molar-refractivity contribution is 0.152. The van der Waals surface area contributed by atoms with E-state index in [-0.39, 0.29) is 0 Å². The second-order valence-corrected chi connectivity index (χ2v) is 7.47. The van der Waals surface area contributed by atoms with Crippen molar-refractivity contribution in [2.45, 2.75) is 58.9 Å². The van der Waals surface area contributed by atoms with Crippen molar-refractivity contribution in [2.24, 2.45) is 11.3 Å². The van der Waals surface area contributed by atoms with Crippen molar-refractivity contribution in [3.63, 3.8) is 0 Å². The van der Waals surface area contributed by atoms with Gasteiger partial charge >= 0.3 is 0 Å². The first kappa shape index (κ1) is 16.3. The zero-order valence-electron chi connectivity index (χ0n) is 14.4. The highest BCUT2D eigenvalue weighted by Gasteiger charge is 2.38. The molecule has 0 radical (unpaired) electrons. The Labute approximate surface area is 129 Å². The fourth-order valence-corrected chi connectivity index (χ4v) is 3.75. The smallest absolute Gasteiger partial charge is 0.160 e. The molecule has 1 saturated carbocycles. The maximum Gasteiger partial charge on any atom is 0.160 e. The molecule has 1 aromatic rings. The number of ether oxygens (including phenoxy) is 1. The number of rotatable bonds is 5. The van der Waals surface area contributed by atoms with E-state index in [9.17, 15) is 0 Å². The van der Waals surface area contributed by atoms with Gasteiger partial charge in [0, 0.05) is 12.0 Å². The second-order valence-electron chi connectivity index (χ2n) is 7.47. The number of hydrogen-bond acceptors (Lipinski definition) is 3. The van der Waals surface area contributed by atoms with Crippen LogP contribution in [0.1, 0.15) is 64.6 Å². The van der Waals surface area contributed by atoms with Gasteiger partial charge in [-0.05, 0) is 58.0 Å². The fourth-order valence-electron chi connectivity index (χ4n) is 3.75. The summed E-state index contributed by atoms with van der Waals surface area (Å²) in [6, 6.07) is 0.365. The van der Waals surface area contributed by atoms with Crippen LogP contribution in [0, 0.1) is 11.3 Å². The number of nitrogens with zero attached hydrogens (tertiary/aromatic N) is 2. The first-order valence-corrected chi connectivity index (χ1v) is 8.15. The SMILES string of the molecule is CNCC1CCC(C)(C)CC1c1c(OC)cnn1C(C)C. The molecule has 1 fully saturated rings. The van der Waals surface area contributed by atoms with Crippen LogP contribution >= 0.6 is 0 Å². The average molecular weight is 293 g/mol. The van der Waals surface area contributed by atoms with Crippen molar-refractivity contribution in [1.82, 2.24) is 15.1 Å². The summed E-state index contributed by atoms with van der Waals surface area (Å²) in [7, 11) is 3.81. The molecule has 21 heavy (non-hydrogen) atoms. The lowest BCUT2D eigenvalue weighted by Crippen LogP contribution is -2.35. The second kappa shape index (κ2) is 6.39. The highest BCUT2D eigenvalue weighted by Crippen LogP contribution is 2.48. The largest absolute Gasteiger partial charge is 0.493 e. The van der Waals surface area contributed by atoms with Crippen molar-refractivity contribution < 1.29 is 4.74 Å². The minimum Gasteiger partial charge on any atom is -0.493 e. The molecule has 2 atom stereocenters. The van der Waals surface area contributed by atoms with E-state index in [1.165, 1.54) is 25.0 Å². The molecule has 2 rings (SSSR count). The first-order chi connectivity index (χ1) is 9.89. The van der Waals surface area contributed by atoms with Gasteiger partial charge in [-0.25, -0.2) is 0 Å². The summed E-state index contributed by atoms with van der Waals surface area (Å²) in [6.45, 7) is 10.2. The molecule has 0 spiro atoms. The van der Waals surface area contributed by atoms with Gasteiger partial charge in [0.05, 0.1) is 19.0 Å².